The van der Waals surface area contributed by atoms with Crippen LogP contribution in [0.1, 0.15) is 25.8 Å². The van der Waals surface area contributed by atoms with E-state index in [-0.39, 0.29) is 9.88 Å². The molecule has 0 bridgehead atoms. The molecule has 0 saturated carbocycles. The Hall–Kier alpha value is -0.980. The number of aryl methyl sites for hydroxylation is 1. The highest BCUT2D eigenvalue weighted by molar-refractivity contribution is 7.89. The van der Waals surface area contributed by atoms with Gasteiger partial charge in [-0.25, -0.2) is 8.42 Å². The van der Waals surface area contributed by atoms with Gasteiger partial charge in [0.25, 0.3) is 0 Å². The maximum Gasteiger partial charge on any atom is 0.241 e. The van der Waals surface area contributed by atoms with Gasteiger partial charge in [-0.1, -0.05) is 37.3 Å². The molecule has 1 unspecified atom stereocenters. The summed E-state index contributed by atoms with van der Waals surface area (Å²) >= 11 is 4.93. The first-order valence-electron chi connectivity index (χ1n) is 5.62. The topological polar surface area (TPSA) is 72.2 Å². The number of hydrogen-bond acceptors (Lipinski definition) is 3. The van der Waals surface area contributed by atoms with Gasteiger partial charge in [-0.05, 0) is 31.9 Å². The predicted octanol–water partition coefficient (Wildman–Crippen LogP) is 1.73. The Labute approximate surface area is 114 Å². The lowest BCUT2D eigenvalue weighted by molar-refractivity contribution is 0.511. The molecule has 0 aliphatic heterocycles. The van der Waals surface area contributed by atoms with Gasteiger partial charge in [0.2, 0.25) is 10.0 Å². The summed E-state index contributed by atoms with van der Waals surface area (Å²) in [5.74, 6) is 0. The number of benzene rings is 1. The Kier molecular flexibility index (Phi) is 4.47. The van der Waals surface area contributed by atoms with Crippen LogP contribution in [0.5, 0.6) is 0 Å². The quantitative estimate of drug-likeness (QED) is 0.809. The molecule has 1 atom stereocenters. The van der Waals surface area contributed by atoms with Crippen LogP contribution in [0.2, 0.25) is 0 Å². The summed E-state index contributed by atoms with van der Waals surface area (Å²) in [6.45, 7) is 5.27. The largest absolute Gasteiger partial charge is 0.392 e. The fourth-order valence-corrected chi connectivity index (χ4v) is 3.47. The zero-order chi connectivity index (χ0) is 14.0. The molecule has 18 heavy (non-hydrogen) atoms. The predicted molar refractivity (Wildman–Crippen MR) is 77.0 cm³/mol. The normalized spacial score (nSPS) is 15.1. The van der Waals surface area contributed by atoms with Crippen molar-refractivity contribution >= 4 is 27.2 Å². The lowest BCUT2D eigenvalue weighted by atomic mass is 10.0. The van der Waals surface area contributed by atoms with Crippen LogP contribution in [0.15, 0.2) is 29.2 Å². The molecule has 0 aromatic heterocycles. The van der Waals surface area contributed by atoms with E-state index in [9.17, 15) is 8.42 Å². The van der Waals surface area contributed by atoms with Gasteiger partial charge in [0.15, 0.2) is 0 Å². The minimum Gasteiger partial charge on any atom is -0.392 e. The van der Waals surface area contributed by atoms with Gasteiger partial charge >= 0.3 is 0 Å². The van der Waals surface area contributed by atoms with Crippen molar-refractivity contribution in [2.24, 2.45) is 5.73 Å². The van der Waals surface area contributed by atoms with Crippen LogP contribution >= 0.6 is 12.2 Å². The molecule has 1 rings (SSSR count). The first-order valence-corrected chi connectivity index (χ1v) is 7.51. The number of sulfonamides is 1. The van der Waals surface area contributed by atoms with E-state index in [0.29, 0.717) is 12.0 Å². The second-order valence-electron chi connectivity index (χ2n) is 4.42. The fraction of sp³-hybridized carbons (Fsp3) is 0.417. The molecular formula is C12H18N2O2S2. The third-order valence-electron chi connectivity index (χ3n) is 2.99. The molecule has 1 aromatic rings. The van der Waals surface area contributed by atoms with E-state index in [0.717, 1.165) is 0 Å². The molecule has 0 radical (unpaired) electrons. The molecule has 6 heteroatoms. The van der Waals surface area contributed by atoms with E-state index < -0.39 is 15.6 Å². The van der Waals surface area contributed by atoms with Crippen LogP contribution < -0.4 is 10.5 Å². The molecule has 0 heterocycles. The zero-order valence-electron chi connectivity index (χ0n) is 10.7. The first-order chi connectivity index (χ1) is 8.23. The summed E-state index contributed by atoms with van der Waals surface area (Å²) in [5.41, 5.74) is 5.39. The fourth-order valence-electron chi connectivity index (χ4n) is 1.51. The number of nitrogens with one attached hydrogen (secondary N) is 1. The second kappa shape index (κ2) is 5.34. The lowest BCUT2D eigenvalue weighted by Gasteiger charge is -2.28. The summed E-state index contributed by atoms with van der Waals surface area (Å²) in [6, 6.07) is 6.79. The van der Waals surface area contributed by atoms with Gasteiger partial charge in [0, 0.05) is 0 Å². The zero-order valence-corrected chi connectivity index (χ0v) is 12.4. The van der Waals surface area contributed by atoms with Gasteiger partial charge in [-0.3, -0.25) is 0 Å². The maximum absolute atomic E-state index is 12.3. The van der Waals surface area contributed by atoms with Crippen molar-refractivity contribution in [1.82, 2.24) is 4.72 Å². The molecule has 4 nitrogen and oxygen atoms in total. The summed E-state index contributed by atoms with van der Waals surface area (Å²) in [7, 11) is -3.62. The average Bonchev–Trinajstić information content (AvgIpc) is 2.28. The highest BCUT2D eigenvalue weighted by Gasteiger charge is 2.32. The summed E-state index contributed by atoms with van der Waals surface area (Å²) < 4.78 is 27.2. The molecule has 100 valence electrons. The summed E-state index contributed by atoms with van der Waals surface area (Å²) in [4.78, 5) is 0.392. The Morgan fingerprint density at radius 1 is 1.44 bits per heavy atom. The van der Waals surface area contributed by atoms with Crippen molar-refractivity contribution in [2.75, 3.05) is 0 Å². The van der Waals surface area contributed by atoms with Crippen molar-refractivity contribution in [3.05, 3.63) is 29.8 Å². The van der Waals surface area contributed by atoms with E-state index in [1.54, 1.807) is 38.1 Å². The molecule has 0 fully saturated rings. The number of nitrogens with two attached hydrogens (primary N) is 1. The lowest BCUT2D eigenvalue weighted by Crippen LogP contribution is -2.53. The Bertz CT molecular complexity index is 555. The molecule has 0 saturated heterocycles. The van der Waals surface area contributed by atoms with Crippen molar-refractivity contribution in [2.45, 2.75) is 37.6 Å². The molecule has 0 aliphatic rings. The van der Waals surface area contributed by atoms with E-state index in [1.165, 1.54) is 0 Å². The molecule has 0 spiro atoms. The van der Waals surface area contributed by atoms with Gasteiger partial charge in [-0.15, -0.1) is 0 Å². The molecule has 0 amide bonds. The van der Waals surface area contributed by atoms with Crippen molar-refractivity contribution in [3.63, 3.8) is 0 Å². The van der Waals surface area contributed by atoms with Crippen LogP contribution in [0.25, 0.3) is 0 Å². The van der Waals surface area contributed by atoms with Crippen LogP contribution in [0, 0.1) is 6.92 Å². The summed E-state index contributed by atoms with van der Waals surface area (Å²) in [5, 5.41) is 0. The second-order valence-corrected chi connectivity index (χ2v) is 6.51. The van der Waals surface area contributed by atoms with Gasteiger partial charge in [0.1, 0.15) is 0 Å². The Morgan fingerprint density at radius 2 is 2.00 bits per heavy atom. The van der Waals surface area contributed by atoms with Gasteiger partial charge in [0.05, 0.1) is 15.4 Å². The molecule has 0 aliphatic carbocycles. The Balaban J connectivity index is 3.18. The maximum atomic E-state index is 12.3. The SMILES string of the molecule is CCC(C)(NS(=O)(=O)c1ccccc1C)C(N)=S. The third kappa shape index (κ3) is 3.07. The minimum atomic E-state index is -3.62. The molecule has 1 aromatic carbocycles. The van der Waals surface area contributed by atoms with E-state index >= 15 is 0 Å². The number of rotatable bonds is 5. The van der Waals surface area contributed by atoms with Crippen molar-refractivity contribution in [1.29, 1.82) is 0 Å². The molecule has 3 N–H and O–H groups in total. The van der Waals surface area contributed by atoms with Crippen LogP contribution in [0.3, 0.4) is 0 Å². The van der Waals surface area contributed by atoms with Crippen molar-refractivity contribution < 1.29 is 8.42 Å². The smallest absolute Gasteiger partial charge is 0.241 e. The number of thiocarbonyl (C=S) groups is 1. The average molecular weight is 286 g/mol. The highest BCUT2D eigenvalue weighted by atomic mass is 32.2. The van der Waals surface area contributed by atoms with Crippen LogP contribution in [-0.2, 0) is 10.0 Å². The van der Waals surface area contributed by atoms with Crippen LogP contribution in [-0.4, -0.2) is 18.9 Å². The van der Waals surface area contributed by atoms with E-state index in [2.05, 4.69) is 4.72 Å². The number of hydrogen-bond donors (Lipinski definition) is 2. The van der Waals surface area contributed by atoms with Crippen LogP contribution in [0.4, 0.5) is 0 Å². The minimum absolute atomic E-state index is 0.141. The third-order valence-corrected chi connectivity index (χ3v) is 5.20. The monoisotopic (exact) mass is 286 g/mol. The van der Waals surface area contributed by atoms with Crippen molar-refractivity contribution in [3.8, 4) is 0 Å². The van der Waals surface area contributed by atoms with E-state index in [4.69, 9.17) is 18.0 Å². The first kappa shape index (κ1) is 15.1. The van der Waals surface area contributed by atoms with E-state index in [1.807, 2.05) is 6.92 Å². The summed E-state index contributed by atoms with van der Waals surface area (Å²) in [6.07, 6.45) is 0.493. The Morgan fingerprint density at radius 3 is 2.44 bits per heavy atom. The van der Waals surface area contributed by atoms with Gasteiger partial charge in [-0.2, -0.15) is 4.72 Å². The highest BCUT2D eigenvalue weighted by Crippen LogP contribution is 2.19. The van der Waals surface area contributed by atoms with Gasteiger partial charge < -0.3 is 5.73 Å². The standard InChI is InChI=1S/C12H18N2O2S2/c1-4-12(3,11(13)17)14-18(15,16)10-8-6-5-7-9(10)2/h5-8,14H,4H2,1-3H3,(H2,13,17). The molecular weight excluding hydrogens is 268 g/mol.